The van der Waals surface area contributed by atoms with Crippen LogP contribution in [0.1, 0.15) is 12.0 Å². The maximum atomic E-state index is 12.3. The fourth-order valence-corrected chi connectivity index (χ4v) is 3.88. The number of halogens is 1. The van der Waals surface area contributed by atoms with Crippen LogP contribution in [0.5, 0.6) is 0 Å². The molecule has 0 aliphatic carbocycles. The summed E-state index contributed by atoms with van der Waals surface area (Å²) in [7, 11) is 0. The van der Waals surface area contributed by atoms with Gasteiger partial charge in [0.2, 0.25) is 5.91 Å². The van der Waals surface area contributed by atoms with E-state index in [1.54, 1.807) is 17.7 Å². The van der Waals surface area contributed by atoms with Crippen molar-refractivity contribution in [1.29, 1.82) is 0 Å². The first kappa shape index (κ1) is 15.4. The van der Waals surface area contributed by atoms with Crippen LogP contribution in [0.15, 0.2) is 42.0 Å². The number of amides is 1. The average molecular weight is 359 g/mol. The van der Waals surface area contributed by atoms with Crippen molar-refractivity contribution in [3.05, 3.63) is 52.6 Å². The highest BCUT2D eigenvalue weighted by molar-refractivity contribution is 7.16. The second kappa shape index (κ2) is 6.37. The van der Waals surface area contributed by atoms with E-state index in [2.05, 4.69) is 15.3 Å². The molecule has 1 N–H and O–H groups in total. The van der Waals surface area contributed by atoms with Gasteiger partial charge in [-0.2, -0.15) is 0 Å². The molecule has 0 spiro atoms. The quantitative estimate of drug-likeness (QED) is 0.774. The van der Waals surface area contributed by atoms with Crippen LogP contribution in [-0.2, 0) is 11.3 Å². The van der Waals surface area contributed by atoms with Crippen LogP contribution in [-0.4, -0.2) is 33.4 Å². The second-order valence-corrected chi connectivity index (χ2v) is 7.07. The Morgan fingerprint density at radius 2 is 2.17 bits per heavy atom. The van der Waals surface area contributed by atoms with Crippen LogP contribution in [0.25, 0.3) is 10.2 Å². The number of rotatable bonds is 4. The van der Waals surface area contributed by atoms with Crippen molar-refractivity contribution < 1.29 is 4.79 Å². The summed E-state index contributed by atoms with van der Waals surface area (Å²) in [5.41, 5.74) is 0.968. The van der Waals surface area contributed by atoms with Crippen molar-refractivity contribution in [2.24, 2.45) is 0 Å². The molecule has 3 aromatic rings. The first-order valence-corrected chi connectivity index (χ1v) is 8.92. The number of hydrogen-bond acceptors (Lipinski definition) is 5. The average Bonchev–Trinajstić information content (AvgIpc) is 3.17. The molecule has 122 valence electrons. The Balaban J connectivity index is 1.48. The van der Waals surface area contributed by atoms with E-state index in [1.165, 1.54) is 0 Å². The van der Waals surface area contributed by atoms with Crippen molar-refractivity contribution in [1.82, 2.24) is 14.9 Å². The number of nitrogens with zero attached hydrogens (tertiary/aromatic N) is 3. The van der Waals surface area contributed by atoms with E-state index in [1.807, 2.05) is 40.6 Å². The van der Waals surface area contributed by atoms with Crippen LogP contribution >= 0.6 is 22.9 Å². The van der Waals surface area contributed by atoms with Crippen LogP contribution in [0.3, 0.4) is 0 Å². The zero-order valence-electron chi connectivity index (χ0n) is 12.8. The number of anilines is 1. The van der Waals surface area contributed by atoms with Gasteiger partial charge in [0.1, 0.15) is 17.0 Å². The molecule has 4 rings (SSSR count). The molecule has 2 aromatic heterocycles. The summed E-state index contributed by atoms with van der Waals surface area (Å²) in [6.45, 7) is 1.17. The van der Waals surface area contributed by atoms with E-state index in [-0.39, 0.29) is 11.9 Å². The third kappa shape index (κ3) is 2.95. The highest BCUT2D eigenvalue weighted by Crippen LogP contribution is 2.26. The SMILES string of the molecule is O=C1C[C@H](Nc2ncnc3sccc23)CN1Cc1ccccc1Cl. The normalized spacial score (nSPS) is 17.6. The Bertz CT molecular complexity index is 897. The number of aromatic nitrogens is 2. The summed E-state index contributed by atoms with van der Waals surface area (Å²) in [4.78, 5) is 23.7. The maximum Gasteiger partial charge on any atom is 0.225 e. The maximum absolute atomic E-state index is 12.3. The van der Waals surface area contributed by atoms with Gasteiger partial charge in [-0.1, -0.05) is 29.8 Å². The Morgan fingerprint density at radius 3 is 3.04 bits per heavy atom. The van der Waals surface area contributed by atoms with Crippen molar-refractivity contribution in [2.75, 3.05) is 11.9 Å². The number of fused-ring (bicyclic) bond motifs is 1. The van der Waals surface area contributed by atoms with Crippen LogP contribution in [0.2, 0.25) is 5.02 Å². The third-order valence-electron chi connectivity index (χ3n) is 4.14. The predicted molar refractivity (Wildman–Crippen MR) is 96.3 cm³/mol. The molecule has 24 heavy (non-hydrogen) atoms. The number of carbonyl (C=O) groups excluding carboxylic acids is 1. The van der Waals surface area contributed by atoms with Gasteiger partial charge in [0, 0.05) is 24.5 Å². The molecule has 5 nitrogen and oxygen atoms in total. The molecule has 1 atom stereocenters. The first-order valence-electron chi connectivity index (χ1n) is 7.66. The first-order chi connectivity index (χ1) is 11.7. The lowest BCUT2D eigenvalue weighted by molar-refractivity contribution is -0.128. The number of thiophene rings is 1. The predicted octanol–water partition coefficient (Wildman–Crippen LogP) is 3.56. The molecule has 1 fully saturated rings. The van der Waals surface area contributed by atoms with E-state index < -0.39 is 0 Å². The van der Waals surface area contributed by atoms with E-state index in [9.17, 15) is 4.79 Å². The van der Waals surface area contributed by atoms with Crippen molar-refractivity contribution in [3.8, 4) is 0 Å². The third-order valence-corrected chi connectivity index (χ3v) is 5.33. The molecule has 0 saturated carbocycles. The molecule has 1 saturated heterocycles. The van der Waals surface area contributed by atoms with Gasteiger partial charge >= 0.3 is 0 Å². The number of benzene rings is 1. The minimum absolute atomic E-state index is 0.0398. The van der Waals surface area contributed by atoms with Crippen molar-refractivity contribution in [2.45, 2.75) is 19.0 Å². The number of nitrogens with one attached hydrogen (secondary N) is 1. The second-order valence-electron chi connectivity index (χ2n) is 5.77. The highest BCUT2D eigenvalue weighted by atomic mass is 35.5. The number of carbonyl (C=O) groups is 1. The van der Waals surface area contributed by atoms with Gasteiger partial charge in [0.15, 0.2) is 0 Å². The zero-order valence-corrected chi connectivity index (χ0v) is 14.3. The van der Waals surface area contributed by atoms with Crippen LogP contribution < -0.4 is 5.32 Å². The van der Waals surface area contributed by atoms with Gasteiger partial charge in [0.25, 0.3) is 0 Å². The molecule has 1 aliphatic rings. The molecular formula is C17H15ClN4OS. The highest BCUT2D eigenvalue weighted by Gasteiger charge is 2.30. The molecule has 1 aliphatic heterocycles. The fourth-order valence-electron chi connectivity index (χ4n) is 2.95. The zero-order chi connectivity index (χ0) is 16.5. The van der Waals surface area contributed by atoms with Gasteiger partial charge in [-0.3, -0.25) is 4.79 Å². The molecular weight excluding hydrogens is 344 g/mol. The van der Waals surface area contributed by atoms with E-state index in [4.69, 9.17) is 11.6 Å². The summed E-state index contributed by atoms with van der Waals surface area (Å²) in [6.07, 6.45) is 2.01. The minimum Gasteiger partial charge on any atom is -0.364 e. The van der Waals surface area contributed by atoms with E-state index in [0.717, 1.165) is 21.6 Å². The summed E-state index contributed by atoms with van der Waals surface area (Å²) in [5.74, 6) is 0.918. The molecule has 1 aromatic carbocycles. The monoisotopic (exact) mass is 358 g/mol. The molecule has 0 radical (unpaired) electrons. The van der Waals surface area contributed by atoms with E-state index >= 15 is 0 Å². The smallest absolute Gasteiger partial charge is 0.225 e. The molecule has 7 heteroatoms. The molecule has 3 heterocycles. The standard InChI is InChI=1S/C17H15ClN4OS/c18-14-4-2-1-3-11(14)8-22-9-12(7-15(22)23)21-16-13-5-6-24-17(13)20-10-19-16/h1-6,10,12H,7-9H2,(H,19,20,21)/t12-/m0/s1. The van der Waals surface area contributed by atoms with Crippen molar-refractivity contribution in [3.63, 3.8) is 0 Å². The van der Waals surface area contributed by atoms with Gasteiger partial charge in [-0.15, -0.1) is 11.3 Å². The fraction of sp³-hybridized carbons (Fsp3) is 0.235. The lowest BCUT2D eigenvalue weighted by atomic mass is 10.2. The van der Waals surface area contributed by atoms with Gasteiger partial charge < -0.3 is 10.2 Å². The Kier molecular flexibility index (Phi) is 4.08. The lowest BCUT2D eigenvalue weighted by Gasteiger charge is -2.18. The topological polar surface area (TPSA) is 58.1 Å². The van der Waals surface area contributed by atoms with E-state index in [0.29, 0.717) is 24.5 Å². The largest absolute Gasteiger partial charge is 0.364 e. The number of hydrogen-bond donors (Lipinski definition) is 1. The molecule has 0 bridgehead atoms. The molecule has 1 amide bonds. The van der Waals surface area contributed by atoms with Crippen LogP contribution in [0.4, 0.5) is 5.82 Å². The minimum atomic E-state index is 0.0398. The lowest BCUT2D eigenvalue weighted by Crippen LogP contribution is -2.27. The summed E-state index contributed by atoms with van der Waals surface area (Å²) in [6, 6.07) is 9.67. The van der Waals surface area contributed by atoms with Gasteiger partial charge in [-0.25, -0.2) is 9.97 Å². The molecule has 0 unspecified atom stereocenters. The van der Waals surface area contributed by atoms with Crippen LogP contribution in [0, 0.1) is 0 Å². The Labute approximate surface area is 148 Å². The summed E-state index contributed by atoms with van der Waals surface area (Å²) in [5, 5.41) is 7.08. The Morgan fingerprint density at radius 1 is 1.29 bits per heavy atom. The van der Waals surface area contributed by atoms with Gasteiger partial charge in [-0.05, 0) is 23.1 Å². The summed E-state index contributed by atoms with van der Waals surface area (Å²) >= 11 is 7.78. The summed E-state index contributed by atoms with van der Waals surface area (Å²) < 4.78 is 0. The van der Waals surface area contributed by atoms with Gasteiger partial charge in [0.05, 0.1) is 11.4 Å². The van der Waals surface area contributed by atoms with Crippen molar-refractivity contribution >= 4 is 44.9 Å². The Hall–Kier alpha value is -2.18. The number of likely N-dealkylation sites (tertiary alicyclic amines) is 1.